The van der Waals surface area contributed by atoms with E-state index in [2.05, 4.69) is 58.2 Å². The number of methoxy groups -OCH3 is 1. The maximum atomic E-state index is 12.9. The Kier molecular flexibility index (Phi) is 8.28. The van der Waals surface area contributed by atoms with Crippen LogP contribution in [-0.2, 0) is 6.54 Å². The molecule has 8 heteroatoms. The van der Waals surface area contributed by atoms with Gasteiger partial charge in [0.25, 0.3) is 5.91 Å². The van der Waals surface area contributed by atoms with Crippen LogP contribution in [0.1, 0.15) is 28.8 Å². The molecule has 1 amide bonds. The summed E-state index contributed by atoms with van der Waals surface area (Å²) in [5.74, 6) is 1.58. The van der Waals surface area contributed by atoms with Crippen LogP contribution in [-0.4, -0.2) is 73.7 Å². The lowest BCUT2D eigenvalue weighted by Gasteiger charge is -2.27. The molecule has 1 atom stereocenters. The number of hydrogen-bond acceptors (Lipinski definition) is 7. The number of piperazine rings is 1. The van der Waals surface area contributed by atoms with Crippen LogP contribution < -0.4 is 14.8 Å². The Bertz CT molecular complexity index is 1260. The highest BCUT2D eigenvalue weighted by Crippen LogP contribution is 2.37. The maximum Gasteiger partial charge on any atom is 0.256 e. The van der Waals surface area contributed by atoms with Crippen LogP contribution in [0.5, 0.6) is 11.5 Å². The van der Waals surface area contributed by atoms with Crippen LogP contribution in [0.3, 0.4) is 0 Å². The largest absolute Gasteiger partial charge is 0.493 e. The van der Waals surface area contributed by atoms with Gasteiger partial charge in [-0.3, -0.25) is 14.7 Å². The summed E-state index contributed by atoms with van der Waals surface area (Å²) in [4.78, 5) is 21.8. The molecule has 37 heavy (non-hydrogen) atoms. The summed E-state index contributed by atoms with van der Waals surface area (Å²) in [5, 5.41) is 5.24. The number of fused-ring (bicyclic) bond motifs is 3. The third-order valence-corrected chi connectivity index (χ3v) is 7.22. The molecule has 3 aliphatic heterocycles. The van der Waals surface area contributed by atoms with Crippen molar-refractivity contribution in [1.82, 2.24) is 15.1 Å². The summed E-state index contributed by atoms with van der Waals surface area (Å²) in [6, 6.07) is 18.4. The van der Waals surface area contributed by atoms with Crippen molar-refractivity contribution >= 4 is 41.2 Å². The standard InChI is InChI=1S/C18H18N2O3S.C11H16N2/c1-22-16-7-11-5-14-15(6-12(11)8-17(16)23-10-24)19-9-13-3-2-4-20(13)18(14)21;1-2-4-11(5-3-1)10-13-8-6-12-7-9-13/h5-9,13,24H,2-4,10H2,1H3;1-5,12H,6-10H2. The first-order valence-corrected chi connectivity index (χ1v) is 13.5. The minimum absolute atomic E-state index is 0.0570. The first kappa shape index (κ1) is 25.6. The van der Waals surface area contributed by atoms with Gasteiger partial charge in [0.15, 0.2) is 11.5 Å². The van der Waals surface area contributed by atoms with E-state index >= 15 is 0 Å². The molecule has 7 nitrogen and oxygen atoms in total. The second-order valence-corrected chi connectivity index (χ2v) is 9.75. The Balaban J connectivity index is 0.000000182. The van der Waals surface area contributed by atoms with Gasteiger partial charge in [0.05, 0.1) is 24.4 Å². The van der Waals surface area contributed by atoms with Crippen LogP contribution in [0.25, 0.3) is 10.8 Å². The molecule has 3 aromatic carbocycles. The zero-order valence-electron chi connectivity index (χ0n) is 21.2. The predicted octanol–water partition coefficient (Wildman–Crippen LogP) is 4.53. The lowest BCUT2D eigenvalue weighted by Crippen LogP contribution is -2.42. The van der Waals surface area contributed by atoms with Crippen molar-refractivity contribution in [3.05, 3.63) is 65.7 Å². The van der Waals surface area contributed by atoms with Gasteiger partial charge in [0.2, 0.25) is 0 Å². The molecule has 3 aromatic rings. The number of amides is 1. The first-order chi connectivity index (χ1) is 18.2. The Hall–Kier alpha value is -3.07. The van der Waals surface area contributed by atoms with Crippen molar-refractivity contribution in [2.45, 2.75) is 25.4 Å². The van der Waals surface area contributed by atoms with Crippen molar-refractivity contribution in [2.75, 3.05) is 45.8 Å². The smallest absolute Gasteiger partial charge is 0.256 e. The summed E-state index contributed by atoms with van der Waals surface area (Å²) in [7, 11) is 1.60. The number of hydrogen-bond donors (Lipinski definition) is 2. The lowest BCUT2D eigenvalue weighted by molar-refractivity contribution is 0.0775. The lowest BCUT2D eigenvalue weighted by atomic mass is 10.0. The Morgan fingerprint density at radius 3 is 2.54 bits per heavy atom. The van der Waals surface area contributed by atoms with Crippen molar-refractivity contribution in [1.29, 1.82) is 0 Å². The Morgan fingerprint density at radius 1 is 1.03 bits per heavy atom. The topological polar surface area (TPSA) is 66.4 Å². The van der Waals surface area contributed by atoms with Crippen molar-refractivity contribution in [3.8, 4) is 11.5 Å². The van der Waals surface area contributed by atoms with E-state index in [9.17, 15) is 4.79 Å². The van der Waals surface area contributed by atoms with Gasteiger partial charge in [-0.1, -0.05) is 30.3 Å². The van der Waals surface area contributed by atoms with E-state index < -0.39 is 0 Å². The van der Waals surface area contributed by atoms with Gasteiger partial charge in [-0.25, -0.2) is 0 Å². The Labute approximate surface area is 223 Å². The molecule has 1 N–H and O–H groups in total. The van der Waals surface area contributed by atoms with E-state index in [1.807, 2.05) is 35.4 Å². The highest BCUT2D eigenvalue weighted by atomic mass is 32.1. The van der Waals surface area contributed by atoms with E-state index in [0.717, 1.165) is 49.8 Å². The molecule has 3 heterocycles. The van der Waals surface area contributed by atoms with Crippen LogP contribution in [0.15, 0.2) is 59.6 Å². The maximum absolute atomic E-state index is 12.9. The number of nitrogens with zero attached hydrogens (tertiary/aromatic N) is 3. The Morgan fingerprint density at radius 2 is 1.78 bits per heavy atom. The van der Waals surface area contributed by atoms with Gasteiger partial charge in [-0.05, 0) is 53.4 Å². The van der Waals surface area contributed by atoms with Gasteiger partial charge >= 0.3 is 0 Å². The number of carbonyl (C=O) groups excluding carboxylic acids is 1. The van der Waals surface area contributed by atoms with Gasteiger partial charge in [-0.2, -0.15) is 0 Å². The number of aliphatic imine (C=N–C) groups is 1. The molecule has 0 bridgehead atoms. The molecule has 0 radical (unpaired) electrons. The van der Waals surface area contributed by atoms with Crippen LogP contribution in [0.4, 0.5) is 5.69 Å². The molecule has 6 rings (SSSR count). The van der Waals surface area contributed by atoms with Gasteiger partial charge < -0.3 is 19.7 Å². The van der Waals surface area contributed by atoms with Crippen LogP contribution in [0, 0.1) is 0 Å². The third-order valence-electron chi connectivity index (χ3n) is 7.09. The summed E-state index contributed by atoms with van der Waals surface area (Å²) >= 11 is 4.10. The van der Waals surface area contributed by atoms with E-state index in [-0.39, 0.29) is 17.9 Å². The van der Waals surface area contributed by atoms with Crippen molar-refractivity contribution < 1.29 is 14.3 Å². The summed E-state index contributed by atoms with van der Waals surface area (Å²) < 4.78 is 10.9. The third kappa shape index (κ3) is 5.92. The molecule has 0 aliphatic carbocycles. The molecule has 0 saturated carbocycles. The number of thiol groups is 1. The quantitative estimate of drug-likeness (QED) is 0.384. The van der Waals surface area contributed by atoms with Gasteiger partial charge in [0, 0.05) is 45.5 Å². The van der Waals surface area contributed by atoms with E-state index in [1.54, 1.807) is 7.11 Å². The average molecular weight is 519 g/mol. The number of ether oxygens (including phenoxy) is 2. The highest BCUT2D eigenvalue weighted by molar-refractivity contribution is 7.80. The highest BCUT2D eigenvalue weighted by Gasteiger charge is 2.31. The number of nitrogens with one attached hydrogen (secondary N) is 1. The number of carbonyl (C=O) groups is 1. The minimum atomic E-state index is 0.0570. The van der Waals surface area contributed by atoms with Crippen LogP contribution >= 0.6 is 12.6 Å². The van der Waals surface area contributed by atoms with Gasteiger partial charge in [0.1, 0.15) is 5.94 Å². The fourth-order valence-electron chi connectivity index (χ4n) is 5.15. The molecule has 194 valence electrons. The average Bonchev–Trinajstić information content (AvgIpc) is 3.37. The molecule has 3 aliphatic rings. The fourth-order valence-corrected chi connectivity index (χ4v) is 5.29. The zero-order chi connectivity index (χ0) is 25.6. The SMILES string of the molecule is COc1cc2cc3c(cc2cc1OCS)N=CC1CCCN1C3=O.c1ccc(CN2CCNCC2)cc1. The first-order valence-electron chi connectivity index (χ1n) is 12.9. The monoisotopic (exact) mass is 518 g/mol. The minimum Gasteiger partial charge on any atom is -0.493 e. The predicted molar refractivity (Wildman–Crippen MR) is 152 cm³/mol. The molecular weight excluding hydrogens is 484 g/mol. The molecule has 0 aromatic heterocycles. The fraction of sp³-hybridized carbons (Fsp3) is 0.379. The van der Waals surface area contributed by atoms with E-state index in [4.69, 9.17) is 9.47 Å². The van der Waals surface area contributed by atoms with E-state index in [1.165, 1.54) is 18.7 Å². The number of rotatable bonds is 5. The van der Waals surface area contributed by atoms with Crippen molar-refractivity contribution in [3.63, 3.8) is 0 Å². The normalized spacial score (nSPS) is 19.0. The van der Waals surface area contributed by atoms with Gasteiger partial charge in [-0.15, -0.1) is 12.6 Å². The number of benzene rings is 3. The van der Waals surface area contributed by atoms with E-state index in [0.29, 0.717) is 22.7 Å². The summed E-state index contributed by atoms with van der Waals surface area (Å²) in [6.07, 6.45) is 3.91. The molecule has 2 saturated heterocycles. The molecule has 1 unspecified atom stereocenters. The summed E-state index contributed by atoms with van der Waals surface area (Å²) in [6.45, 7) is 6.51. The second-order valence-electron chi connectivity index (χ2n) is 9.49. The molecule has 2 fully saturated rings. The second kappa shape index (κ2) is 12.0. The van der Waals surface area contributed by atoms with Crippen molar-refractivity contribution in [2.24, 2.45) is 4.99 Å². The zero-order valence-corrected chi connectivity index (χ0v) is 22.1. The molecular formula is C29H34N4O3S. The van der Waals surface area contributed by atoms with Crippen LogP contribution in [0.2, 0.25) is 0 Å². The molecule has 0 spiro atoms. The summed E-state index contributed by atoms with van der Waals surface area (Å²) in [5.41, 5.74) is 2.78.